The number of aromatic nitrogens is 2. The second kappa shape index (κ2) is 9.65. The van der Waals surface area contributed by atoms with Crippen LogP contribution in [0.4, 0.5) is 0 Å². The second-order valence-corrected chi connectivity index (χ2v) is 9.25. The summed E-state index contributed by atoms with van der Waals surface area (Å²) in [6.45, 7) is 6.23. The van der Waals surface area contributed by atoms with Gasteiger partial charge in [0.2, 0.25) is 5.91 Å². The second-order valence-electron chi connectivity index (χ2n) is 8.41. The van der Waals surface area contributed by atoms with Gasteiger partial charge in [-0.15, -0.1) is 0 Å². The minimum atomic E-state index is -0.721. The van der Waals surface area contributed by atoms with Gasteiger partial charge in [0, 0.05) is 35.5 Å². The van der Waals surface area contributed by atoms with Crippen LogP contribution in [0.15, 0.2) is 48.5 Å². The summed E-state index contributed by atoms with van der Waals surface area (Å²) in [7, 11) is 0. The van der Waals surface area contributed by atoms with E-state index in [-0.39, 0.29) is 5.91 Å². The molecule has 7 heteroatoms. The molecule has 1 amide bonds. The summed E-state index contributed by atoms with van der Waals surface area (Å²) in [6.07, 6.45) is 1.16. The van der Waals surface area contributed by atoms with Gasteiger partial charge in [-0.2, -0.15) is 5.10 Å². The van der Waals surface area contributed by atoms with Gasteiger partial charge in [-0.05, 0) is 61.6 Å². The summed E-state index contributed by atoms with van der Waals surface area (Å²) in [5.74, 6) is -0.0334. The summed E-state index contributed by atoms with van der Waals surface area (Å²) in [6, 6.07) is 15.7. The highest BCUT2D eigenvalue weighted by atomic mass is 35.5. The van der Waals surface area contributed by atoms with E-state index >= 15 is 0 Å². The van der Waals surface area contributed by atoms with Gasteiger partial charge in [0.05, 0.1) is 17.7 Å². The molecule has 1 aromatic heterocycles. The van der Waals surface area contributed by atoms with E-state index < -0.39 is 5.41 Å². The molecule has 1 N–H and O–H groups in total. The topological polar surface area (TPSA) is 56.2 Å². The van der Waals surface area contributed by atoms with Crippen LogP contribution in [0.1, 0.15) is 40.9 Å². The average molecular weight is 472 g/mol. The molecule has 0 spiro atoms. The molecular weight excluding hydrogens is 445 g/mol. The molecule has 0 atom stereocenters. The first kappa shape index (κ1) is 22.8. The Balaban J connectivity index is 1.51. The zero-order valence-electron chi connectivity index (χ0n) is 18.3. The van der Waals surface area contributed by atoms with Crippen molar-refractivity contribution < 1.29 is 9.53 Å². The SMILES string of the molecule is Cc1cc(C)n(Cc2cccc(CNC(=O)C3(c4ccc(Cl)cc4Cl)CCOCC3)c2)n1. The number of nitrogens with one attached hydrogen (secondary N) is 1. The fourth-order valence-corrected chi connectivity index (χ4v) is 5.00. The zero-order chi connectivity index (χ0) is 22.7. The summed E-state index contributed by atoms with van der Waals surface area (Å²) < 4.78 is 7.54. The lowest BCUT2D eigenvalue weighted by Gasteiger charge is -2.37. The summed E-state index contributed by atoms with van der Waals surface area (Å²) in [4.78, 5) is 13.5. The van der Waals surface area contributed by atoms with Crippen molar-refractivity contribution in [2.75, 3.05) is 13.2 Å². The van der Waals surface area contributed by atoms with E-state index in [9.17, 15) is 4.79 Å². The quantitative estimate of drug-likeness (QED) is 0.535. The van der Waals surface area contributed by atoms with Crippen molar-refractivity contribution in [3.63, 3.8) is 0 Å². The van der Waals surface area contributed by atoms with Crippen LogP contribution in [0.3, 0.4) is 0 Å². The number of rotatable bonds is 6. The summed E-state index contributed by atoms with van der Waals surface area (Å²) >= 11 is 12.6. The first-order valence-electron chi connectivity index (χ1n) is 10.8. The Labute approximate surface area is 198 Å². The van der Waals surface area contributed by atoms with Crippen molar-refractivity contribution in [2.45, 2.75) is 45.2 Å². The third-order valence-corrected chi connectivity index (χ3v) is 6.66. The van der Waals surface area contributed by atoms with E-state index in [0.717, 1.165) is 28.1 Å². The highest BCUT2D eigenvalue weighted by Gasteiger charge is 2.42. The normalized spacial score (nSPS) is 15.5. The number of carbonyl (C=O) groups excluding carboxylic acids is 1. The van der Waals surface area contributed by atoms with Crippen molar-refractivity contribution in [3.05, 3.63) is 86.7 Å². The Morgan fingerprint density at radius 3 is 2.53 bits per heavy atom. The van der Waals surface area contributed by atoms with Crippen LogP contribution in [0.5, 0.6) is 0 Å². The van der Waals surface area contributed by atoms with Crippen molar-refractivity contribution in [1.82, 2.24) is 15.1 Å². The van der Waals surface area contributed by atoms with Crippen molar-refractivity contribution in [1.29, 1.82) is 0 Å². The van der Waals surface area contributed by atoms with E-state index in [1.165, 1.54) is 0 Å². The lowest BCUT2D eigenvalue weighted by molar-refractivity contribution is -0.130. The van der Waals surface area contributed by atoms with Crippen LogP contribution < -0.4 is 5.32 Å². The van der Waals surface area contributed by atoms with Crippen LogP contribution >= 0.6 is 23.2 Å². The predicted molar refractivity (Wildman–Crippen MR) is 127 cm³/mol. The number of halogens is 2. The maximum absolute atomic E-state index is 13.5. The van der Waals surface area contributed by atoms with Gasteiger partial charge >= 0.3 is 0 Å². The van der Waals surface area contributed by atoms with Crippen molar-refractivity contribution >= 4 is 29.1 Å². The molecule has 168 valence electrons. The molecule has 5 nitrogen and oxygen atoms in total. The van der Waals surface area contributed by atoms with Crippen LogP contribution in [-0.4, -0.2) is 28.9 Å². The highest BCUT2D eigenvalue weighted by Crippen LogP contribution is 2.40. The number of benzene rings is 2. The molecule has 1 aliphatic rings. The lowest BCUT2D eigenvalue weighted by Crippen LogP contribution is -2.48. The average Bonchev–Trinajstić information content (AvgIpc) is 3.09. The van der Waals surface area contributed by atoms with Crippen molar-refractivity contribution in [3.8, 4) is 0 Å². The van der Waals surface area contributed by atoms with Gasteiger partial charge in [-0.3, -0.25) is 9.48 Å². The lowest BCUT2D eigenvalue weighted by atomic mass is 9.73. The first-order chi connectivity index (χ1) is 15.4. The first-order valence-corrected chi connectivity index (χ1v) is 11.5. The van der Waals surface area contributed by atoms with E-state index in [2.05, 4.69) is 35.5 Å². The molecule has 32 heavy (non-hydrogen) atoms. The van der Waals surface area contributed by atoms with E-state index in [1.54, 1.807) is 12.1 Å². The number of aryl methyl sites for hydroxylation is 2. The van der Waals surface area contributed by atoms with Gasteiger partial charge in [-0.25, -0.2) is 0 Å². The smallest absolute Gasteiger partial charge is 0.231 e. The molecule has 0 bridgehead atoms. The summed E-state index contributed by atoms with van der Waals surface area (Å²) in [5.41, 5.74) is 4.41. The third kappa shape index (κ3) is 4.85. The van der Waals surface area contributed by atoms with Gasteiger partial charge in [0.25, 0.3) is 0 Å². The van der Waals surface area contributed by atoms with Crippen molar-refractivity contribution in [2.24, 2.45) is 0 Å². The van der Waals surface area contributed by atoms with Crippen LogP contribution in [-0.2, 0) is 28.0 Å². The standard InChI is InChI=1S/C25H27Cl2N3O2/c1-17-12-18(2)30(29-17)16-20-5-3-4-19(13-20)15-28-24(31)25(8-10-32-11-9-25)22-7-6-21(26)14-23(22)27/h3-7,12-14H,8-11,15-16H2,1-2H3,(H,28,31). The minimum Gasteiger partial charge on any atom is -0.381 e. The Morgan fingerprint density at radius 1 is 1.09 bits per heavy atom. The fourth-order valence-electron chi connectivity index (χ4n) is 4.41. The molecule has 1 aliphatic heterocycles. The molecule has 4 rings (SSSR count). The Kier molecular flexibility index (Phi) is 6.89. The molecule has 2 heterocycles. The number of ether oxygens (including phenoxy) is 1. The largest absolute Gasteiger partial charge is 0.381 e. The van der Waals surface area contributed by atoms with Gasteiger partial charge in [0.1, 0.15) is 0 Å². The Bertz CT molecular complexity index is 1120. The van der Waals surface area contributed by atoms with Crippen LogP contribution in [0.25, 0.3) is 0 Å². The van der Waals surface area contributed by atoms with Crippen LogP contribution in [0.2, 0.25) is 10.0 Å². The molecular formula is C25H27Cl2N3O2. The van der Waals surface area contributed by atoms with E-state index in [4.69, 9.17) is 27.9 Å². The summed E-state index contributed by atoms with van der Waals surface area (Å²) in [5, 5.41) is 8.76. The zero-order valence-corrected chi connectivity index (χ0v) is 19.8. The molecule has 0 aliphatic carbocycles. The minimum absolute atomic E-state index is 0.0334. The number of hydrogen-bond donors (Lipinski definition) is 1. The molecule has 3 aromatic rings. The maximum atomic E-state index is 13.5. The maximum Gasteiger partial charge on any atom is 0.231 e. The molecule has 2 aromatic carbocycles. The molecule has 0 saturated carbocycles. The molecule has 1 fully saturated rings. The highest BCUT2D eigenvalue weighted by molar-refractivity contribution is 6.35. The number of hydrogen-bond acceptors (Lipinski definition) is 3. The predicted octanol–water partition coefficient (Wildman–Crippen LogP) is 5.22. The van der Waals surface area contributed by atoms with E-state index in [0.29, 0.717) is 49.2 Å². The molecule has 0 unspecified atom stereocenters. The fraction of sp³-hybridized carbons (Fsp3) is 0.360. The Hall–Kier alpha value is -2.34. The number of amides is 1. The Morgan fingerprint density at radius 2 is 1.84 bits per heavy atom. The molecule has 0 radical (unpaired) electrons. The molecule has 1 saturated heterocycles. The van der Waals surface area contributed by atoms with Crippen LogP contribution in [0, 0.1) is 13.8 Å². The number of nitrogens with zero attached hydrogens (tertiary/aromatic N) is 2. The third-order valence-electron chi connectivity index (χ3n) is 6.11. The monoisotopic (exact) mass is 471 g/mol. The van der Waals surface area contributed by atoms with Gasteiger partial charge < -0.3 is 10.1 Å². The van der Waals surface area contributed by atoms with E-state index in [1.807, 2.05) is 29.8 Å². The van der Waals surface area contributed by atoms with Gasteiger partial charge in [0.15, 0.2) is 0 Å². The number of carbonyl (C=O) groups is 1. The van der Waals surface area contributed by atoms with Gasteiger partial charge in [-0.1, -0.05) is 53.5 Å².